The maximum Gasteiger partial charge on any atom is 0.249 e. The Kier molecular flexibility index (Phi) is 4.52. The van der Waals surface area contributed by atoms with E-state index in [4.69, 9.17) is 9.47 Å². The molecule has 2 saturated carbocycles. The Morgan fingerprint density at radius 1 is 1.04 bits per heavy atom. The van der Waals surface area contributed by atoms with Gasteiger partial charge in [0.15, 0.2) is 0 Å². The highest BCUT2D eigenvalue weighted by Gasteiger charge is 2.44. The van der Waals surface area contributed by atoms with Crippen molar-refractivity contribution in [2.24, 2.45) is 5.92 Å². The number of nitrogens with one attached hydrogen (secondary N) is 1. The van der Waals surface area contributed by atoms with Crippen LogP contribution in [-0.2, 0) is 19.1 Å². The summed E-state index contributed by atoms with van der Waals surface area (Å²) in [6.45, 7) is 2.81. The van der Waals surface area contributed by atoms with Crippen LogP contribution in [0.1, 0.15) is 51.4 Å². The number of hydrogen-bond donors (Lipinski definition) is 1. The molecule has 2 saturated heterocycles. The second kappa shape index (κ2) is 6.64. The van der Waals surface area contributed by atoms with E-state index in [1.807, 2.05) is 4.90 Å². The van der Waals surface area contributed by atoms with Crippen LogP contribution >= 0.6 is 0 Å². The smallest absolute Gasteiger partial charge is 0.249 e. The maximum absolute atomic E-state index is 12.3. The molecule has 0 bridgehead atoms. The fourth-order valence-electron chi connectivity index (χ4n) is 4.29. The molecule has 134 valence electrons. The molecule has 0 aromatic carbocycles. The molecule has 2 heterocycles. The number of hydrogen-bond acceptors (Lipinski definition) is 4. The lowest BCUT2D eigenvalue weighted by molar-refractivity contribution is -0.158. The van der Waals surface area contributed by atoms with Gasteiger partial charge in [-0.2, -0.15) is 0 Å². The van der Waals surface area contributed by atoms with E-state index >= 15 is 0 Å². The number of nitrogens with zero attached hydrogens (tertiary/aromatic N) is 1. The quantitative estimate of drug-likeness (QED) is 0.842. The van der Waals surface area contributed by atoms with Crippen molar-refractivity contribution in [3.63, 3.8) is 0 Å². The zero-order valence-corrected chi connectivity index (χ0v) is 14.3. The van der Waals surface area contributed by atoms with Gasteiger partial charge in [0.25, 0.3) is 0 Å². The summed E-state index contributed by atoms with van der Waals surface area (Å²) in [5.41, 5.74) is -0.187. The van der Waals surface area contributed by atoms with E-state index in [2.05, 4.69) is 5.32 Å². The molecule has 24 heavy (non-hydrogen) atoms. The summed E-state index contributed by atoms with van der Waals surface area (Å²) in [6, 6.07) is 0.213. The van der Waals surface area contributed by atoms with Crippen molar-refractivity contribution in [3.8, 4) is 0 Å². The third kappa shape index (κ3) is 3.45. The Balaban J connectivity index is 1.28. The van der Waals surface area contributed by atoms with Gasteiger partial charge in [0.05, 0.1) is 12.2 Å². The van der Waals surface area contributed by atoms with Crippen LogP contribution in [0.4, 0.5) is 0 Å². The third-order valence-electron chi connectivity index (χ3n) is 5.95. The lowest BCUT2D eigenvalue weighted by Crippen LogP contribution is -2.57. The Morgan fingerprint density at radius 3 is 2.50 bits per heavy atom. The van der Waals surface area contributed by atoms with E-state index in [-0.39, 0.29) is 29.6 Å². The first-order valence-electron chi connectivity index (χ1n) is 9.50. The summed E-state index contributed by atoms with van der Waals surface area (Å²) < 4.78 is 11.6. The number of morpholine rings is 1. The predicted molar refractivity (Wildman–Crippen MR) is 87.4 cm³/mol. The first-order chi connectivity index (χ1) is 11.7. The molecular weight excluding hydrogens is 308 g/mol. The SMILES string of the molecule is O=C(NC1CCC2(CC1)CN(C(=O)C1CC1)CCO2)C1CCCO1. The Hall–Kier alpha value is -1.14. The number of amides is 2. The fourth-order valence-corrected chi connectivity index (χ4v) is 4.29. The summed E-state index contributed by atoms with van der Waals surface area (Å²) in [5, 5.41) is 3.14. The van der Waals surface area contributed by atoms with Crippen LogP contribution in [0.15, 0.2) is 0 Å². The van der Waals surface area contributed by atoms with E-state index in [1.54, 1.807) is 0 Å². The van der Waals surface area contributed by atoms with Gasteiger partial charge in [0.2, 0.25) is 11.8 Å². The van der Waals surface area contributed by atoms with Crippen molar-refractivity contribution in [1.29, 1.82) is 0 Å². The average molecular weight is 336 g/mol. The predicted octanol–water partition coefficient (Wildman–Crippen LogP) is 1.23. The second-order valence-electron chi connectivity index (χ2n) is 7.85. The van der Waals surface area contributed by atoms with E-state index in [9.17, 15) is 9.59 Å². The highest BCUT2D eigenvalue weighted by Crippen LogP contribution is 2.37. The molecule has 4 rings (SSSR count). The molecule has 6 heteroatoms. The number of carbonyl (C=O) groups excluding carboxylic acids is 2. The van der Waals surface area contributed by atoms with Gasteiger partial charge >= 0.3 is 0 Å². The zero-order chi connectivity index (χ0) is 16.6. The van der Waals surface area contributed by atoms with Gasteiger partial charge < -0.3 is 19.7 Å². The van der Waals surface area contributed by atoms with Gasteiger partial charge in [-0.15, -0.1) is 0 Å². The van der Waals surface area contributed by atoms with Crippen LogP contribution in [0.3, 0.4) is 0 Å². The number of ether oxygens (including phenoxy) is 2. The van der Waals surface area contributed by atoms with Crippen molar-refractivity contribution in [2.75, 3.05) is 26.3 Å². The van der Waals surface area contributed by atoms with Crippen molar-refractivity contribution < 1.29 is 19.1 Å². The standard InChI is InChI=1S/C18H28N2O4/c21-16(15-2-1-10-23-15)19-14-5-7-18(8-6-14)12-20(9-11-24-18)17(22)13-3-4-13/h13-15H,1-12H2,(H,19,21). The molecule has 2 aliphatic carbocycles. The minimum absolute atomic E-state index is 0.0450. The molecule has 0 radical (unpaired) electrons. The Bertz CT molecular complexity index is 491. The highest BCUT2D eigenvalue weighted by molar-refractivity contribution is 5.81. The van der Waals surface area contributed by atoms with Crippen molar-refractivity contribution in [3.05, 3.63) is 0 Å². The van der Waals surface area contributed by atoms with Crippen molar-refractivity contribution >= 4 is 11.8 Å². The molecule has 1 unspecified atom stereocenters. The van der Waals surface area contributed by atoms with Crippen LogP contribution in [0.2, 0.25) is 0 Å². The van der Waals surface area contributed by atoms with Crippen molar-refractivity contribution in [2.45, 2.75) is 69.1 Å². The summed E-state index contributed by atoms with van der Waals surface area (Å²) in [7, 11) is 0. The van der Waals surface area contributed by atoms with Gasteiger partial charge in [-0.25, -0.2) is 0 Å². The van der Waals surface area contributed by atoms with Crippen LogP contribution < -0.4 is 5.32 Å². The van der Waals surface area contributed by atoms with Crippen LogP contribution in [0.5, 0.6) is 0 Å². The molecule has 4 fully saturated rings. The van der Waals surface area contributed by atoms with E-state index < -0.39 is 0 Å². The molecule has 2 amide bonds. The normalized spacial score (nSPS) is 36.8. The monoisotopic (exact) mass is 336 g/mol. The van der Waals surface area contributed by atoms with Gasteiger partial charge in [-0.1, -0.05) is 0 Å². The topological polar surface area (TPSA) is 67.9 Å². The Labute approximate surface area is 143 Å². The van der Waals surface area contributed by atoms with E-state index in [0.717, 1.165) is 64.5 Å². The van der Waals surface area contributed by atoms with Gasteiger partial charge in [0, 0.05) is 31.7 Å². The summed E-state index contributed by atoms with van der Waals surface area (Å²) in [6.07, 6.45) is 7.34. The van der Waals surface area contributed by atoms with Gasteiger partial charge in [0.1, 0.15) is 6.10 Å². The van der Waals surface area contributed by atoms with E-state index in [0.29, 0.717) is 19.1 Å². The average Bonchev–Trinajstić information content (AvgIpc) is 3.30. The van der Waals surface area contributed by atoms with Crippen molar-refractivity contribution in [1.82, 2.24) is 10.2 Å². The molecule has 1 atom stereocenters. The highest BCUT2D eigenvalue weighted by atomic mass is 16.5. The van der Waals surface area contributed by atoms with Crippen LogP contribution in [0.25, 0.3) is 0 Å². The minimum atomic E-state index is -0.251. The summed E-state index contributed by atoms with van der Waals surface area (Å²) >= 11 is 0. The Morgan fingerprint density at radius 2 is 1.83 bits per heavy atom. The lowest BCUT2D eigenvalue weighted by atomic mass is 9.80. The van der Waals surface area contributed by atoms with Crippen LogP contribution in [0, 0.1) is 5.92 Å². The van der Waals surface area contributed by atoms with E-state index in [1.165, 1.54) is 0 Å². The summed E-state index contributed by atoms with van der Waals surface area (Å²) in [5.74, 6) is 0.650. The zero-order valence-electron chi connectivity index (χ0n) is 14.3. The molecule has 1 N–H and O–H groups in total. The van der Waals surface area contributed by atoms with Gasteiger partial charge in [-0.3, -0.25) is 9.59 Å². The lowest BCUT2D eigenvalue weighted by Gasteiger charge is -2.46. The minimum Gasteiger partial charge on any atom is -0.371 e. The molecule has 0 aromatic heterocycles. The molecule has 6 nitrogen and oxygen atoms in total. The largest absolute Gasteiger partial charge is 0.371 e. The molecular formula is C18H28N2O4. The molecule has 0 aromatic rings. The second-order valence-corrected chi connectivity index (χ2v) is 7.85. The number of rotatable bonds is 3. The van der Waals surface area contributed by atoms with Crippen LogP contribution in [-0.4, -0.2) is 60.8 Å². The fraction of sp³-hybridized carbons (Fsp3) is 0.889. The molecule has 2 aliphatic heterocycles. The molecule has 1 spiro atoms. The summed E-state index contributed by atoms with van der Waals surface area (Å²) in [4.78, 5) is 26.5. The first kappa shape index (κ1) is 16.3. The third-order valence-corrected chi connectivity index (χ3v) is 5.95. The first-order valence-corrected chi connectivity index (χ1v) is 9.50. The van der Waals surface area contributed by atoms with Gasteiger partial charge in [-0.05, 0) is 51.4 Å². The maximum atomic E-state index is 12.3. The number of carbonyl (C=O) groups is 2. The molecule has 4 aliphatic rings.